The summed E-state index contributed by atoms with van der Waals surface area (Å²) in [5, 5.41) is 0. The summed E-state index contributed by atoms with van der Waals surface area (Å²) in [6, 6.07) is 0.835. The molecular weight excluding hydrogens is 220 g/mol. The molecule has 2 heteroatoms. The lowest BCUT2D eigenvalue weighted by molar-refractivity contribution is 0.136. The molecule has 0 heterocycles. The van der Waals surface area contributed by atoms with Crippen LogP contribution in [0.4, 0.5) is 0 Å². The van der Waals surface area contributed by atoms with Crippen LogP contribution < -0.4 is 5.73 Å². The van der Waals surface area contributed by atoms with Gasteiger partial charge in [0.15, 0.2) is 0 Å². The van der Waals surface area contributed by atoms with E-state index in [9.17, 15) is 0 Å². The first-order valence-corrected chi connectivity index (χ1v) is 7.86. The Labute approximate surface area is 114 Å². The van der Waals surface area contributed by atoms with Crippen LogP contribution in [0.2, 0.25) is 0 Å². The molecule has 1 aliphatic carbocycles. The number of unbranched alkanes of at least 4 members (excludes halogenated alkanes) is 1. The lowest BCUT2D eigenvalue weighted by Gasteiger charge is -2.36. The van der Waals surface area contributed by atoms with Crippen LogP contribution in [0.1, 0.15) is 65.7 Å². The topological polar surface area (TPSA) is 29.3 Å². The third-order valence-corrected chi connectivity index (χ3v) is 4.80. The molecule has 1 fully saturated rings. The van der Waals surface area contributed by atoms with Gasteiger partial charge in [-0.15, -0.1) is 0 Å². The predicted octanol–water partition coefficient (Wildman–Crippen LogP) is 3.65. The van der Waals surface area contributed by atoms with E-state index in [0.29, 0.717) is 5.41 Å². The predicted molar refractivity (Wildman–Crippen MR) is 80.7 cm³/mol. The van der Waals surface area contributed by atoms with Crippen LogP contribution in [0.15, 0.2) is 0 Å². The summed E-state index contributed by atoms with van der Waals surface area (Å²) in [6.07, 6.45) is 9.60. The highest BCUT2D eigenvalue weighted by Crippen LogP contribution is 2.28. The second kappa shape index (κ2) is 7.49. The molecule has 2 N–H and O–H groups in total. The molecule has 108 valence electrons. The summed E-state index contributed by atoms with van der Waals surface area (Å²) in [5.41, 5.74) is 6.10. The van der Waals surface area contributed by atoms with Crippen molar-refractivity contribution in [3.05, 3.63) is 0 Å². The largest absolute Gasteiger partial charge is 0.330 e. The van der Waals surface area contributed by atoms with Gasteiger partial charge >= 0.3 is 0 Å². The van der Waals surface area contributed by atoms with Crippen LogP contribution in [0.5, 0.6) is 0 Å². The zero-order valence-electron chi connectivity index (χ0n) is 13.0. The summed E-state index contributed by atoms with van der Waals surface area (Å²) >= 11 is 0. The summed E-state index contributed by atoms with van der Waals surface area (Å²) in [5.74, 6) is 0.893. The van der Waals surface area contributed by atoms with E-state index in [2.05, 4.69) is 32.7 Å². The molecule has 1 saturated carbocycles. The fourth-order valence-electron chi connectivity index (χ4n) is 3.18. The van der Waals surface area contributed by atoms with Gasteiger partial charge in [0.05, 0.1) is 0 Å². The molecule has 0 amide bonds. The van der Waals surface area contributed by atoms with Gasteiger partial charge < -0.3 is 10.6 Å². The second-order valence-corrected chi connectivity index (χ2v) is 7.14. The van der Waals surface area contributed by atoms with Gasteiger partial charge in [-0.25, -0.2) is 0 Å². The van der Waals surface area contributed by atoms with Crippen LogP contribution in [0.3, 0.4) is 0 Å². The van der Waals surface area contributed by atoms with Crippen LogP contribution >= 0.6 is 0 Å². The van der Waals surface area contributed by atoms with E-state index in [0.717, 1.165) is 18.5 Å². The third kappa shape index (κ3) is 5.27. The minimum Gasteiger partial charge on any atom is -0.330 e. The Morgan fingerprint density at radius 2 is 1.83 bits per heavy atom. The number of rotatable bonds is 7. The number of nitrogens with two attached hydrogens (primary N) is 1. The molecule has 0 aromatic carbocycles. The van der Waals surface area contributed by atoms with E-state index in [1.54, 1.807) is 0 Å². The van der Waals surface area contributed by atoms with Crippen molar-refractivity contribution in [3.63, 3.8) is 0 Å². The Morgan fingerprint density at radius 3 is 2.44 bits per heavy atom. The second-order valence-electron chi connectivity index (χ2n) is 7.14. The molecular formula is C16H34N2. The fraction of sp³-hybridized carbons (Fsp3) is 1.00. The lowest BCUT2D eigenvalue weighted by Crippen LogP contribution is -2.39. The normalized spacial score (nSPS) is 25.7. The van der Waals surface area contributed by atoms with Crippen LogP contribution in [-0.2, 0) is 0 Å². The van der Waals surface area contributed by atoms with Gasteiger partial charge in [-0.1, -0.05) is 40.0 Å². The van der Waals surface area contributed by atoms with Crippen LogP contribution in [0, 0.1) is 11.3 Å². The van der Waals surface area contributed by atoms with Crippen molar-refractivity contribution in [3.8, 4) is 0 Å². The average Bonchev–Trinajstić information content (AvgIpc) is 2.35. The maximum atomic E-state index is 5.77. The minimum atomic E-state index is 0.330. The Balaban J connectivity index is 2.18. The standard InChI is InChI=1S/C16H34N2/c1-14-9-5-6-10-15(14)18(4)12-8-7-11-16(2,3)13-17/h14-15H,5-13,17H2,1-4H3. The van der Waals surface area contributed by atoms with E-state index >= 15 is 0 Å². The van der Waals surface area contributed by atoms with Crippen molar-refractivity contribution in [2.24, 2.45) is 17.1 Å². The van der Waals surface area contributed by atoms with E-state index in [1.165, 1.54) is 51.5 Å². The average molecular weight is 254 g/mol. The first-order valence-electron chi connectivity index (χ1n) is 7.86. The first kappa shape index (κ1) is 16.0. The highest BCUT2D eigenvalue weighted by Gasteiger charge is 2.24. The first-order chi connectivity index (χ1) is 8.46. The summed E-state index contributed by atoms with van der Waals surface area (Å²) in [6.45, 7) is 9.05. The molecule has 0 aromatic heterocycles. The summed E-state index contributed by atoms with van der Waals surface area (Å²) < 4.78 is 0. The summed E-state index contributed by atoms with van der Waals surface area (Å²) in [7, 11) is 2.32. The van der Waals surface area contributed by atoms with Gasteiger partial charge in [0.2, 0.25) is 0 Å². The number of nitrogens with zero attached hydrogens (tertiary/aromatic N) is 1. The van der Waals surface area contributed by atoms with Crippen molar-refractivity contribution in [1.29, 1.82) is 0 Å². The van der Waals surface area contributed by atoms with Gasteiger partial charge in [-0.05, 0) is 57.2 Å². The molecule has 0 bridgehead atoms. The molecule has 0 aliphatic heterocycles. The van der Waals surface area contributed by atoms with Crippen molar-refractivity contribution in [2.45, 2.75) is 71.8 Å². The third-order valence-electron chi connectivity index (χ3n) is 4.80. The maximum Gasteiger partial charge on any atom is 0.0118 e. The highest BCUT2D eigenvalue weighted by molar-refractivity contribution is 4.79. The van der Waals surface area contributed by atoms with Gasteiger partial charge in [0.25, 0.3) is 0 Å². The van der Waals surface area contributed by atoms with E-state index in [4.69, 9.17) is 5.73 Å². The molecule has 0 radical (unpaired) electrons. The molecule has 2 nitrogen and oxygen atoms in total. The molecule has 0 spiro atoms. The molecule has 0 aromatic rings. The van der Waals surface area contributed by atoms with E-state index in [-0.39, 0.29) is 0 Å². The zero-order valence-corrected chi connectivity index (χ0v) is 13.0. The van der Waals surface area contributed by atoms with Crippen LogP contribution in [-0.4, -0.2) is 31.1 Å². The Hall–Kier alpha value is -0.0800. The summed E-state index contributed by atoms with van der Waals surface area (Å²) in [4.78, 5) is 2.61. The van der Waals surface area contributed by atoms with Crippen molar-refractivity contribution in [1.82, 2.24) is 4.90 Å². The SMILES string of the molecule is CC1CCCCC1N(C)CCCCC(C)(C)CN. The monoisotopic (exact) mass is 254 g/mol. The Kier molecular flexibility index (Phi) is 6.65. The van der Waals surface area contributed by atoms with Crippen LogP contribution in [0.25, 0.3) is 0 Å². The Morgan fingerprint density at radius 1 is 1.17 bits per heavy atom. The molecule has 0 saturated heterocycles. The lowest BCUT2D eigenvalue weighted by atomic mass is 9.84. The van der Waals surface area contributed by atoms with Crippen molar-refractivity contribution >= 4 is 0 Å². The highest BCUT2D eigenvalue weighted by atomic mass is 15.1. The quantitative estimate of drug-likeness (QED) is 0.703. The van der Waals surface area contributed by atoms with Gasteiger partial charge in [0, 0.05) is 6.04 Å². The zero-order chi connectivity index (χ0) is 13.6. The molecule has 2 unspecified atom stereocenters. The van der Waals surface area contributed by atoms with Gasteiger partial charge in [-0.3, -0.25) is 0 Å². The molecule has 18 heavy (non-hydrogen) atoms. The Bertz CT molecular complexity index is 225. The fourth-order valence-corrected chi connectivity index (χ4v) is 3.18. The van der Waals surface area contributed by atoms with Crippen molar-refractivity contribution in [2.75, 3.05) is 20.1 Å². The van der Waals surface area contributed by atoms with Crippen molar-refractivity contribution < 1.29 is 0 Å². The number of hydrogen-bond donors (Lipinski definition) is 1. The maximum absolute atomic E-state index is 5.77. The number of hydrogen-bond acceptors (Lipinski definition) is 2. The van der Waals surface area contributed by atoms with Gasteiger partial charge in [0.1, 0.15) is 0 Å². The molecule has 2 atom stereocenters. The smallest absolute Gasteiger partial charge is 0.0118 e. The minimum absolute atomic E-state index is 0.330. The molecule has 1 rings (SSSR count). The van der Waals surface area contributed by atoms with Gasteiger partial charge in [-0.2, -0.15) is 0 Å². The van der Waals surface area contributed by atoms with E-state index in [1.807, 2.05) is 0 Å². The van der Waals surface area contributed by atoms with E-state index < -0.39 is 0 Å². The molecule has 1 aliphatic rings.